The minimum absolute atomic E-state index is 0. The topological polar surface area (TPSA) is 54.4 Å². The van der Waals surface area contributed by atoms with E-state index in [1.165, 1.54) is 57.4 Å². The van der Waals surface area contributed by atoms with Gasteiger partial charge in [-0.3, -0.25) is 4.55 Å². The summed E-state index contributed by atoms with van der Waals surface area (Å²) in [7, 11) is -4.10. The van der Waals surface area contributed by atoms with Gasteiger partial charge in [0.1, 0.15) is 0 Å². The smallest absolute Gasteiger partial charge is 0.282 e. The van der Waals surface area contributed by atoms with Crippen LogP contribution in [-0.4, -0.2) is 13.0 Å². The van der Waals surface area contributed by atoms with Gasteiger partial charge >= 0.3 is 0 Å². The van der Waals surface area contributed by atoms with Crippen LogP contribution >= 0.6 is 0 Å². The van der Waals surface area contributed by atoms with Crippen LogP contribution in [0, 0.1) is 0 Å². The molecule has 0 saturated carbocycles. The molecule has 1 N–H and O–H groups in total. The minimum atomic E-state index is -4.10. The number of hydrogen-bond donors (Lipinski definition) is 1. The van der Waals surface area contributed by atoms with E-state index in [1.807, 2.05) is 6.07 Å². The molecule has 0 atom stereocenters. The Balaban J connectivity index is 0. The van der Waals surface area contributed by atoms with Crippen molar-refractivity contribution >= 4 is 10.1 Å². The second-order valence-corrected chi connectivity index (χ2v) is 7.40. The molecule has 24 heavy (non-hydrogen) atoms. The van der Waals surface area contributed by atoms with Crippen molar-refractivity contribution in [1.82, 2.24) is 0 Å². The fourth-order valence-corrected chi connectivity index (χ4v) is 3.52. The van der Waals surface area contributed by atoms with Gasteiger partial charge in [0.2, 0.25) is 0 Å². The van der Waals surface area contributed by atoms with Crippen molar-refractivity contribution < 1.29 is 49.5 Å². The summed E-state index contributed by atoms with van der Waals surface area (Å²) < 4.78 is 31.8. The summed E-state index contributed by atoms with van der Waals surface area (Å²) in [6.45, 7) is 2.24. The van der Waals surface area contributed by atoms with Gasteiger partial charge in [-0.25, -0.2) is 0 Å². The Labute approximate surface area is 171 Å². The maximum atomic E-state index is 11.3. The van der Waals surface area contributed by atoms with Crippen LogP contribution in [0.25, 0.3) is 0 Å². The zero-order valence-corrected chi connectivity index (χ0v) is 19.8. The summed E-state index contributed by atoms with van der Waals surface area (Å²) in [6, 6.07) is 6.73. The van der Waals surface area contributed by atoms with Crippen molar-refractivity contribution in [3.63, 3.8) is 0 Å². The van der Waals surface area contributed by atoms with Crippen molar-refractivity contribution in [2.75, 3.05) is 0 Å². The molecule has 3 nitrogen and oxygen atoms in total. The number of rotatable bonds is 12. The molecule has 0 fully saturated rings. The Morgan fingerprint density at radius 3 is 1.79 bits per heavy atom. The first kappa shape index (κ1) is 26.5. The average molecular weight is 447 g/mol. The summed E-state index contributed by atoms with van der Waals surface area (Å²) in [5, 5.41) is 0. The Morgan fingerprint density at radius 2 is 1.29 bits per heavy atom. The van der Waals surface area contributed by atoms with Crippen LogP contribution in [0.15, 0.2) is 29.2 Å². The van der Waals surface area contributed by atoms with Gasteiger partial charge in [0.05, 0.1) is 4.90 Å². The molecule has 0 unspecified atom stereocenters. The van der Waals surface area contributed by atoms with Crippen LogP contribution in [0.4, 0.5) is 0 Å². The molecular weight excluding hydrogens is 417 g/mol. The van der Waals surface area contributed by atoms with Gasteiger partial charge in [-0.15, -0.1) is 0 Å². The summed E-state index contributed by atoms with van der Waals surface area (Å²) >= 11 is 0. The van der Waals surface area contributed by atoms with Gasteiger partial charge in [0.15, 0.2) is 0 Å². The second kappa shape index (κ2) is 15.5. The van der Waals surface area contributed by atoms with E-state index in [0.717, 1.165) is 18.4 Å². The van der Waals surface area contributed by atoms with Crippen LogP contribution in [0.3, 0.4) is 0 Å². The van der Waals surface area contributed by atoms with Crippen LogP contribution < -0.4 is 0 Å². The first-order chi connectivity index (χ1) is 10.6. The normalized spacial score (nSPS) is 10.8. The number of hydrogen-bond acceptors (Lipinski definition) is 2. The summed E-state index contributed by atoms with van der Waals surface area (Å²) in [4.78, 5) is 0.0610. The third kappa shape index (κ3) is 11.8. The standard InChI is InChI=1S/C18H30O3S.Mn.Zn/c1-2-3-4-5-6-7-8-9-10-11-14-17-15-12-13-16-18(17)22(19,20)21;;/h12-13,15-16H,2-11,14H2,1H3,(H,19,20,21);;. The quantitative estimate of drug-likeness (QED) is 0.266. The van der Waals surface area contributed by atoms with E-state index in [1.54, 1.807) is 12.1 Å². The van der Waals surface area contributed by atoms with Crippen molar-refractivity contribution in [1.29, 1.82) is 0 Å². The third-order valence-electron chi connectivity index (χ3n) is 4.05. The molecule has 0 aromatic heterocycles. The molecule has 0 amide bonds. The van der Waals surface area contributed by atoms with E-state index in [-0.39, 0.29) is 41.4 Å². The second-order valence-electron chi connectivity index (χ2n) is 6.01. The van der Waals surface area contributed by atoms with Gasteiger partial charge in [-0.05, 0) is 24.5 Å². The van der Waals surface area contributed by atoms with Crippen LogP contribution in [-0.2, 0) is 53.1 Å². The molecule has 0 aliphatic rings. The van der Waals surface area contributed by atoms with Gasteiger partial charge < -0.3 is 0 Å². The monoisotopic (exact) mass is 445 g/mol. The van der Waals surface area contributed by atoms with Crippen molar-refractivity contribution in [3.8, 4) is 0 Å². The predicted molar refractivity (Wildman–Crippen MR) is 91.8 cm³/mol. The van der Waals surface area contributed by atoms with Crippen LogP contribution in [0.2, 0.25) is 0 Å². The van der Waals surface area contributed by atoms with E-state index >= 15 is 0 Å². The molecule has 1 aromatic rings. The molecule has 0 heterocycles. The molecule has 135 valence electrons. The maximum Gasteiger partial charge on any atom is 0.294 e. The Bertz CT molecular complexity index is 521. The Morgan fingerprint density at radius 1 is 0.833 bits per heavy atom. The minimum Gasteiger partial charge on any atom is -0.282 e. The summed E-state index contributed by atoms with van der Waals surface area (Å²) in [5.74, 6) is 0. The SMILES string of the molecule is CCCCCCCCCCCCc1ccccc1S(=O)(=O)O.[Mn].[Zn]. The van der Waals surface area contributed by atoms with Gasteiger partial charge in [0, 0.05) is 36.5 Å². The zero-order valence-electron chi connectivity index (χ0n) is 14.8. The molecular formula is C18H30MnO3SZn. The van der Waals surface area contributed by atoms with Crippen molar-refractivity contribution in [2.24, 2.45) is 0 Å². The molecule has 0 spiro atoms. The maximum absolute atomic E-state index is 11.3. The molecule has 0 saturated heterocycles. The number of unbranched alkanes of at least 4 members (excludes halogenated alkanes) is 9. The first-order valence-corrected chi connectivity index (χ1v) is 10.0. The van der Waals surface area contributed by atoms with E-state index in [0.29, 0.717) is 6.42 Å². The fourth-order valence-electron chi connectivity index (χ4n) is 2.76. The van der Waals surface area contributed by atoms with E-state index in [9.17, 15) is 13.0 Å². The molecule has 1 aromatic carbocycles. The number of aryl methyl sites for hydroxylation is 1. The van der Waals surface area contributed by atoms with Gasteiger partial charge in [-0.2, -0.15) is 8.42 Å². The zero-order chi connectivity index (χ0) is 16.3. The average Bonchev–Trinajstić information content (AvgIpc) is 2.48. The summed E-state index contributed by atoms with van der Waals surface area (Å²) in [5.41, 5.74) is 0.726. The fraction of sp³-hybridized carbons (Fsp3) is 0.667. The third-order valence-corrected chi connectivity index (χ3v) is 5.00. The van der Waals surface area contributed by atoms with Crippen molar-refractivity contribution in [3.05, 3.63) is 29.8 Å². The number of benzene rings is 1. The van der Waals surface area contributed by atoms with Crippen LogP contribution in [0.5, 0.6) is 0 Å². The largest absolute Gasteiger partial charge is 0.294 e. The van der Waals surface area contributed by atoms with Crippen LogP contribution in [0.1, 0.15) is 76.7 Å². The molecule has 0 aliphatic heterocycles. The molecule has 1 radical (unpaired) electrons. The molecule has 1 rings (SSSR count). The molecule has 6 heteroatoms. The predicted octanol–water partition coefficient (Wildman–Crippen LogP) is 5.39. The van der Waals surface area contributed by atoms with E-state index in [2.05, 4.69) is 6.92 Å². The first-order valence-electron chi connectivity index (χ1n) is 8.61. The molecule has 0 bridgehead atoms. The van der Waals surface area contributed by atoms with Crippen molar-refractivity contribution in [2.45, 2.75) is 82.4 Å². The van der Waals surface area contributed by atoms with E-state index < -0.39 is 10.1 Å². The van der Waals surface area contributed by atoms with Gasteiger partial charge in [-0.1, -0.05) is 82.9 Å². The van der Waals surface area contributed by atoms with E-state index in [4.69, 9.17) is 0 Å². The summed E-state index contributed by atoms with van der Waals surface area (Å²) in [6.07, 6.45) is 13.3. The Kier molecular flexibility index (Phi) is 17.1. The van der Waals surface area contributed by atoms with Gasteiger partial charge in [0.25, 0.3) is 10.1 Å². The molecule has 0 aliphatic carbocycles. The Hall–Kier alpha value is 0.273.